The third-order valence-electron chi connectivity index (χ3n) is 3.08. The van der Waals surface area contributed by atoms with Gasteiger partial charge in [0.05, 0.1) is 18.4 Å². The number of hydrogen-bond donors (Lipinski definition) is 0. The monoisotopic (exact) mass is 355 g/mol. The molecule has 0 unspecified atom stereocenters. The summed E-state index contributed by atoms with van der Waals surface area (Å²) in [5.41, 5.74) is 1.53. The molecule has 0 spiro atoms. The summed E-state index contributed by atoms with van der Waals surface area (Å²) in [5, 5.41) is 0. The zero-order chi connectivity index (χ0) is 15.8. The summed E-state index contributed by atoms with van der Waals surface area (Å²) in [4.78, 5) is 25.5. The third kappa shape index (κ3) is 3.37. The Balaban J connectivity index is 2.36. The number of nitrogens with zero attached hydrogens (tertiary/aromatic N) is 1. The topological polar surface area (TPSA) is 55.8 Å². The van der Waals surface area contributed by atoms with E-state index in [0.29, 0.717) is 17.8 Å². The lowest BCUT2D eigenvalue weighted by molar-refractivity contribution is 0.0576. The maximum atomic E-state index is 12.3. The fourth-order valence-corrected chi connectivity index (χ4v) is 2.84. The summed E-state index contributed by atoms with van der Waals surface area (Å²) >= 11 is 3.45. The van der Waals surface area contributed by atoms with Crippen LogP contribution in [0, 0.1) is 0 Å². The van der Waals surface area contributed by atoms with Gasteiger partial charge in [-0.2, -0.15) is 0 Å². The Hall–Kier alpha value is -1.56. The predicted molar refractivity (Wildman–Crippen MR) is 82.8 cm³/mol. The van der Waals surface area contributed by atoms with Gasteiger partial charge in [-0.15, -0.1) is 0 Å². The molecule has 0 saturated heterocycles. The summed E-state index contributed by atoms with van der Waals surface area (Å²) in [5.74, 6) is -0.436. The molecule has 21 heavy (non-hydrogen) atoms. The van der Waals surface area contributed by atoms with Crippen LogP contribution in [0.25, 0.3) is 0 Å². The van der Waals surface area contributed by atoms with Crippen molar-refractivity contribution in [2.24, 2.45) is 0 Å². The summed E-state index contributed by atoms with van der Waals surface area (Å²) in [6.45, 7) is 6.00. The molecule has 2 rings (SSSR count). The molecule has 0 aromatic heterocycles. The third-order valence-corrected chi connectivity index (χ3v) is 3.79. The number of carbonyl (C=O) groups is 2. The molecule has 1 aliphatic rings. The molecule has 0 atom stereocenters. The molecule has 114 valence electrons. The van der Waals surface area contributed by atoms with Crippen molar-refractivity contribution >= 4 is 33.7 Å². The van der Waals surface area contributed by atoms with Crippen molar-refractivity contribution in [2.75, 3.05) is 18.6 Å². The molecule has 1 amide bonds. The van der Waals surface area contributed by atoms with Crippen molar-refractivity contribution < 1.29 is 19.1 Å². The van der Waals surface area contributed by atoms with E-state index in [1.54, 1.807) is 17.0 Å². The molecular formula is C15H18BrNO4. The van der Waals surface area contributed by atoms with Crippen LogP contribution in [0.1, 0.15) is 36.7 Å². The molecule has 1 aromatic rings. The van der Waals surface area contributed by atoms with Gasteiger partial charge in [0.15, 0.2) is 0 Å². The van der Waals surface area contributed by atoms with Gasteiger partial charge in [-0.25, -0.2) is 9.59 Å². The summed E-state index contributed by atoms with van der Waals surface area (Å²) in [6.07, 6.45) is 0.312. The fraction of sp³-hybridized carbons (Fsp3) is 0.467. The van der Waals surface area contributed by atoms with E-state index in [-0.39, 0.29) is 0 Å². The van der Waals surface area contributed by atoms with Crippen molar-refractivity contribution in [1.82, 2.24) is 0 Å². The maximum Gasteiger partial charge on any atom is 0.414 e. The molecule has 1 aromatic carbocycles. The van der Waals surface area contributed by atoms with Gasteiger partial charge >= 0.3 is 12.1 Å². The first-order valence-electron chi connectivity index (χ1n) is 6.64. The number of methoxy groups -OCH3 is 1. The highest BCUT2D eigenvalue weighted by atomic mass is 79.9. The number of rotatable bonds is 1. The molecule has 1 heterocycles. The van der Waals surface area contributed by atoms with Gasteiger partial charge in [0.25, 0.3) is 0 Å². The lowest BCUT2D eigenvalue weighted by atomic mass is 10.1. The largest absolute Gasteiger partial charge is 0.465 e. The van der Waals surface area contributed by atoms with Crippen LogP contribution in [0.3, 0.4) is 0 Å². The second-order valence-corrected chi connectivity index (χ2v) is 6.68. The second-order valence-electron chi connectivity index (χ2n) is 5.83. The number of amides is 1. The highest BCUT2D eigenvalue weighted by Crippen LogP contribution is 2.36. The van der Waals surface area contributed by atoms with Crippen LogP contribution < -0.4 is 4.90 Å². The van der Waals surface area contributed by atoms with E-state index in [9.17, 15) is 9.59 Å². The van der Waals surface area contributed by atoms with E-state index in [2.05, 4.69) is 15.9 Å². The summed E-state index contributed by atoms with van der Waals surface area (Å²) < 4.78 is 10.9. The zero-order valence-corrected chi connectivity index (χ0v) is 14.1. The minimum atomic E-state index is -0.559. The van der Waals surface area contributed by atoms with Crippen LogP contribution in [-0.2, 0) is 15.9 Å². The lowest BCUT2D eigenvalue weighted by Crippen LogP contribution is -2.35. The number of ether oxygens (including phenoxy) is 2. The lowest BCUT2D eigenvalue weighted by Gasteiger charge is -2.25. The minimum Gasteiger partial charge on any atom is -0.465 e. The maximum absolute atomic E-state index is 12.3. The molecule has 0 N–H and O–H groups in total. The zero-order valence-electron chi connectivity index (χ0n) is 12.5. The molecule has 0 saturated carbocycles. The second kappa shape index (κ2) is 5.67. The van der Waals surface area contributed by atoms with Crippen LogP contribution in [0.15, 0.2) is 16.6 Å². The Morgan fingerprint density at radius 1 is 1.29 bits per heavy atom. The van der Waals surface area contributed by atoms with Gasteiger partial charge in [0.2, 0.25) is 0 Å². The van der Waals surface area contributed by atoms with Crippen molar-refractivity contribution in [2.45, 2.75) is 32.8 Å². The number of benzene rings is 1. The van der Waals surface area contributed by atoms with E-state index in [4.69, 9.17) is 9.47 Å². The van der Waals surface area contributed by atoms with E-state index in [1.807, 2.05) is 20.8 Å². The first-order valence-corrected chi connectivity index (χ1v) is 7.43. The van der Waals surface area contributed by atoms with Gasteiger partial charge in [0.1, 0.15) is 5.60 Å². The number of halogens is 1. The van der Waals surface area contributed by atoms with Gasteiger partial charge in [-0.3, -0.25) is 4.90 Å². The highest BCUT2D eigenvalue weighted by Gasteiger charge is 2.31. The molecular weight excluding hydrogens is 338 g/mol. The Kier molecular flexibility index (Phi) is 4.27. The number of esters is 1. The minimum absolute atomic E-state index is 0.401. The highest BCUT2D eigenvalue weighted by molar-refractivity contribution is 9.10. The number of fused-ring (bicyclic) bond motifs is 1. The van der Waals surface area contributed by atoms with Crippen LogP contribution in [-0.4, -0.2) is 31.3 Å². The van der Waals surface area contributed by atoms with Gasteiger partial charge in [-0.1, -0.05) is 15.9 Å². The first kappa shape index (κ1) is 15.8. The van der Waals surface area contributed by atoms with Crippen molar-refractivity contribution in [3.05, 3.63) is 27.7 Å². The Bertz CT molecular complexity index is 592. The van der Waals surface area contributed by atoms with Crippen molar-refractivity contribution in [3.8, 4) is 0 Å². The van der Waals surface area contributed by atoms with Crippen molar-refractivity contribution in [3.63, 3.8) is 0 Å². The van der Waals surface area contributed by atoms with Crippen LogP contribution in [0.5, 0.6) is 0 Å². The van der Waals surface area contributed by atoms with E-state index < -0.39 is 17.7 Å². The SMILES string of the molecule is COC(=O)c1cc(Br)c2c(c1)N(C(=O)OC(C)(C)C)CC2. The molecule has 0 radical (unpaired) electrons. The summed E-state index contributed by atoms with van der Waals surface area (Å²) in [7, 11) is 1.33. The molecule has 6 heteroatoms. The predicted octanol–water partition coefficient (Wildman–Crippen LogP) is 3.53. The molecule has 5 nitrogen and oxygen atoms in total. The van der Waals surface area contributed by atoms with Gasteiger partial charge in [0, 0.05) is 11.0 Å². The van der Waals surface area contributed by atoms with Crippen LogP contribution in [0.2, 0.25) is 0 Å². The molecule has 0 aliphatic carbocycles. The normalized spacial score (nSPS) is 13.9. The average Bonchev–Trinajstić information content (AvgIpc) is 2.80. The first-order chi connectivity index (χ1) is 9.73. The van der Waals surface area contributed by atoms with Crippen LogP contribution >= 0.6 is 15.9 Å². The van der Waals surface area contributed by atoms with E-state index in [1.165, 1.54) is 7.11 Å². The number of carbonyl (C=O) groups excluding carboxylic acids is 2. The van der Waals surface area contributed by atoms with E-state index in [0.717, 1.165) is 16.5 Å². The molecule has 1 aliphatic heterocycles. The summed E-state index contributed by atoms with van der Waals surface area (Å²) in [6, 6.07) is 3.38. The Labute approximate surface area is 132 Å². The van der Waals surface area contributed by atoms with Gasteiger partial charge in [-0.05, 0) is 44.9 Å². The Morgan fingerprint density at radius 2 is 1.95 bits per heavy atom. The number of hydrogen-bond acceptors (Lipinski definition) is 4. The molecule has 0 fully saturated rings. The van der Waals surface area contributed by atoms with Crippen LogP contribution in [0.4, 0.5) is 10.5 Å². The quantitative estimate of drug-likeness (QED) is 0.723. The fourth-order valence-electron chi connectivity index (χ4n) is 2.20. The number of anilines is 1. The smallest absolute Gasteiger partial charge is 0.414 e. The van der Waals surface area contributed by atoms with Crippen molar-refractivity contribution in [1.29, 1.82) is 0 Å². The Morgan fingerprint density at radius 3 is 2.52 bits per heavy atom. The van der Waals surface area contributed by atoms with E-state index >= 15 is 0 Å². The molecule has 0 bridgehead atoms. The van der Waals surface area contributed by atoms with Gasteiger partial charge < -0.3 is 9.47 Å². The standard InChI is InChI=1S/C15H18BrNO4/c1-15(2,3)21-14(19)17-6-5-10-11(16)7-9(8-12(10)17)13(18)20-4/h7-8H,5-6H2,1-4H3. The average molecular weight is 356 g/mol.